The summed E-state index contributed by atoms with van der Waals surface area (Å²) in [6, 6.07) is 0. The molecule has 0 N–H and O–H groups in total. The first-order valence-corrected chi connectivity index (χ1v) is 3.55. The first-order valence-electron chi connectivity index (χ1n) is 2.40. The van der Waals surface area contributed by atoms with Crippen molar-refractivity contribution >= 4 is 11.2 Å². The molecule has 7 heteroatoms. The fourth-order valence-electron chi connectivity index (χ4n) is 0.401. The first kappa shape index (κ1) is 8.41. The van der Waals surface area contributed by atoms with Gasteiger partial charge in [-0.05, 0) is 0 Å². The Morgan fingerprint density at radius 3 is 2.55 bits per heavy atom. The van der Waals surface area contributed by atoms with Gasteiger partial charge >= 0.3 is 10.7 Å². The molecule has 62 valence electrons. The highest BCUT2D eigenvalue weighted by atomic mass is 32.2. The van der Waals surface area contributed by atoms with Crippen LogP contribution in [-0.2, 0) is 11.2 Å². The lowest BCUT2D eigenvalue weighted by Gasteiger charge is -2.06. The average Bonchev–Trinajstić information content (AvgIpc) is 2.34. The van der Waals surface area contributed by atoms with E-state index in [1.54, 1.807) is 0 Å². The van der Waals surface area contributed by atoms with Crippen molar-refractivity contribution in [2.24, 2.45) is 0 Å². The van der Waals surface area contributed by atoms with E-state index in [2.05, 4.69) is 9.40 Å². The predicted molar refractivity (Wildman–Crippen MR) is 29.0 cm³/mol. The lowest BCUT2D eigenvalue weighted by atomic mass is 11.0. The second-order valence-corrected chi connectivity index (χ2v) is 2.86. The van der Waals surface area contributed by atoms with Gasteiger partial charge in [-0.25, -0.2) is 0 Å². The molecule has 1 heterocycles. The number of alkyl halides is 3. The van der Waals surface area contributed by atoms with Gasteiger partial charge < -0.3 is 8.97 Å². The number of nitrogens with zero attached hydrogens (tertiary/aromatic N) is 1. The molecule has 0 aliphatic carbocycles. The zero-order valence-corrected chi connectivity index (χ0v) is 5.78. The van der Waals surface area contributed by atoms with Crippen molar-refractivity contribution in [3.8, 4) is 0 Å². The Bertz CT molecular complexity index is 222. The van der Waals surface area contributed by atoms with Crippen molar-refractivity contribution in [1.29, 1.82) is 0 Å². The molecule has 0 aliphatic rings. The van der Waals surface area contributed by atoms with Crippen LogP contribution in [0.15, 0.2) is 22.1 Å². The Morgan fingerprint density at radius 2 is 2.18 bits per heavy atom. The number of oxazole rings is 1. The van der Waals surface area contributed by atoms with Crippen LogP contribution in [0.5, 0.6) is 0 Å². The van der Waals surface area contributed by atoms with E-state index >= 15 is 0 Å². The molecule has 11 heavy (non-hydrogen) atoms. The van der Waals surface area contributed by atoms with E-state index < -0.39 is 21.9 Å². The van der Waals surface area contributed by atoms with Crippen molar-refractivity contribution in [2.75, 3.05) is 0 Å². The van der Waals surface area contributed by atoms with Crippen LogP contribution < -0.4 is 0 Å². The minimum absolute atomic E-state index is 0.822. The van der Waals surface area contributed by atoms with Crippen LogP contribution >= 0.6 is 0 Å². The molecule has 1 rings (SSSR count). The molecule has 0 fully saturated rings. The molecule has 1 atom stereocenters. The number of hydrogen-bond acceptors (Lipinski definition) is 3. The van der Waals surface area contributed by atoms with Gasteiger partial charge in [0, 0.05) is 0 Å². The first-order chi connectivity index (χ1) is 5.02. The molecule has 0 aromatic carbocycles. The molecule has 1 aromatic rings. The van der Waals surface area contributed by atoms with Gasteiger partial charge in [0.15, 0.2) is 11.2 Å². The molecule has 0 saturated heterocycles. The average molecular weight is 185 g/mol. The van der Waals surface area contributed by atoms with Crippen LogP contribution in [0.2, 0.25) is 0 Å². The second-order valence-electron chi connectivity index (χ2n) is 1.51. The van der Waals surface area contributed by atoms with Gasteiger partial charge in [-0.15, -0.1) is 13.2 Å². The van der Waals surface area contributed by atoms with Crippen molar-refractivity contribution in [1.82, 2.24) is 4.98 Å². The van der Waals surface area contributed by atoms with Crippen molar-refractivity contribution in [3.63, 3.8) is 0 Å². The van der Waals surface area contributed by atoms with Crippen LogP contribution in [0, 0.1) is 0 Å². The number of halogens is 3. The van der Waals surface area contributed by atoms with E-state index in [9.17, 15) is 17.7 Å². The Hall–Kier alpha value is -0.690. The van der Waals surface area contributed by atoms with Crippen LogP contribution in [-0.4, -0.2) is 15.0 Å². The molecule has 0 radical (unpaired) electrons. The third-order valence-electron chi connectivity index (χ3n) is 0.778. The lowest BCUT2D eigenvalue weighted by molar-refractivity contribution is -0.0449. The molecule has 1 aromatic heterocycles. The Kier molecular flexibility index (Phi) is 2.10. The van der Waals surface area contributed by atoms with Gasteiger partial charge in [-0.2, -0.15) is 4.98 Å². The Morgan fingerprint density at radius 1 is 1.55 bits per heavy atom. The molecular weight excluding hydrogens is 183 g/mol. The van der Waals surface area contributed by atoms with E-state index in [1.807, 2.05) is 0 Å². The summed E-state index contributed by atoms with van der Waals surface area (Å²) in [7, 11) is 0. The summed E-state index contributed by atoms with van der Waals surface area (Å²) in [4.78, 5) is 3.10. The van der Waals surface area contributed by atoms with Gasteiger partial charge in [-0.1, -0.05) is 0 Å². The highest BCUT2D eigenvalue weighted by molar-refractivity contribution is 7.92. The normalized spacial score (nSPS) is 14.9. The summed E-state index contributed by atoms with van der Waals surface area (Å²) < 4.78 is 49.4. The molecule has 1 unspecified atom stereocenters. The topological polar surface area (TPSA) is 49.1 Å². The molecule has 0 spiro atoms. The van der Waals surface area contributed by atoms with Crippen molar-refractivity contribution < 1.29 is 22.1 Å². The fraction of sp³-hybridized carbons (Fsp3) is 0.250. The maximum Gasteiger partial charge on any atom is 0.583 e. The predicted octanol–water partition coefficient (Wildman–Crippen LogP) is 1.30. The van der Waals surface area contributed by atoms with Crippen LogP contribution in [0.25, 0.3) is 0 Å². The minimum atomic E-state index is -4.80. The summed E-state index contributed by atoms with van der Waals surface area (Å²) >= 11 is -3.15. The van der Waals surface area contributed by atoms with Gasteiger partial charge in [0.05, 0.1) is 6.20 Å². The molecular formula is C4H2F3NO2S. The summed E-state index contributed by atoms with van der Waals surface area (Å²) in [6.45, 7) is 0. The largest absolute Gasteiger partial charge is 0.600 e. The lowest BCUT2D eigenvalue weighted by Crippen LogP contribution is -2.23. The van der Waals surface area contributed by atoms with Crippen LogP contribution in [0.3, 0.4) is 0 Å². The van der Waals surface area contributed by atoms with E-state index in [0.29, 0.717) is 0 Å². The molecule has 0 saturated carbocycles. The second kappa shape index (κ2) is 2.74. The number of rotatable bonds is 1. The van der Waals surface area contributed by atoms with Crippen LogP contribution in [0.1, 0.15) is 0 Å². The number of aromatic nitrogens is 1. The smallest absolute Gasteiger partial charge is 0.583 e. The summed E-state index contributed by atoms with van der Waals surface area (Å²) in [5.41, 5.74) is -4.80. The summed E-state index contributed by atoms with van der Waals surface area (Å²) in [5, 5.41) is -0.822. The Balaban J connectivity index is 2.78. The van der Waals surface area contributed by atoms with Gasteiger partial charge in [-0.3, -0.25) is 0 Å². The molecule has 3 nitrogen and oxygen atoms in total. The van der Waals surface area contributed by atoms with Crippen LogP contribution in [0.4, 0.5) is 13.2 Å². The third-order valence-corrected chi connectivity index (χ3v) is 1.72. The fourth-order valence-corrected chi connectivity index (χ4v) is 0.898. The number of hydrogen-bond donors (Lipinski definition) is 0. The third kappa shape index (κ3) is 1.87. The maximum atomic E-state index is 11.6. The summed E-state index contributed by atoms with van der Waals surface area (Å²) in [6.07, 6.45) is 1.93. The Labute approximate surface area is 62.4 Å². The standard InChI is InChI=1S/C4H2F3NO2S/c5-4(6,7)11(9)3-8-1-2-10-3/h1-2H. The highest BCUT2D eigenvalue weighted by Gasteiger charge is 2.49. The van der Waals surface area contributed by atoms with E-state index in [4.69, 9.17) is 0 Å². The van der Waals surface area contributed by atoms with E-state index in [1.165, 1.54) is 0 Å². The zero-order chi connectivity index (χ0) is 8.48. The zero-order valence-electron chi connectivity index (χ0n) is 4.96. The van der Waals surface area contributed by atoms with Gasteiger partial charge in [0.2, 0.25) is 0 Å². The van der Waals surface area contributed by atoms with E-state index in [0.717, 1.165) is 12.5 Å². The van der Waals surface area contributed by atoms with Crippen molar-refractivity contribution in [2.45, 2.75) is 10.7 Å². The molecule has 0 aliphatic heterocycles. The van der Waals surface area contributed by atoms with Gasteiger partial charge in [0.1, 0.15) is 6.26 Å². The van der Waals surface area contributed by atoms with Crippen molar-refractivity contribution in [3.05, 3.63) is 12.5 Å². The van der Waals surface area contributed by atoms with E-state index in [-0.39, 0.29) is 0 Å². The molecule has 0 amide bonds. The minimum Gasteiger partial charge on any atom is -0.600 e. The highest BCUT2D eigenvalue weighted by Crippen LogP contribution is 2.28. The quantitative estimate of drug-likeness (QED) is 0.619. The maximum absolute atomic E-state index is 11.6. The molecule has 0 bridgehead atoms. The monoisotopic (exact) mass is 185 g/mol. The SMILES string of the molecule is [O-][S+](c1ncco1)C(F)(F)F. The van der Waals surface area contributed by atoms with Gasteiger partial charge in [0.25, 0.3) is 0 Å². The summed E-state index contributed by atoms with van der Waals surface area (Å²) in [5.74, 6) is 0.